The Morgan fingerprint density at radius 3 is 2.76 bits per heavy atom. The Balaban J connectivity index is 1.99. The molecule has 2 heterocycles. The zero-order valence-electron chi connectivity index (χ0n) is 9.94. The van der Waals surface area contributed by atoms with E-state index >= 15 is 0 Å². The Morgan fingerprint density at radius 1 is 1.18 bits per heavy atom. The zero-order valence-corrected chi connectivity index (χ0v) is 9.94. The number of aryl methyl sites for hydroxylation is 1. The Kier molecular flexibility index (Phi) is 3.49. The highest BCUT2D eigenvalue weighted by Crippen LogP contribution is 2.11. The van der Waals surface area contributed by atoms with Crippen molar-refractivity contribution in [2.45, 2.75) is 13.5 Å². The van der Waals surface area contributed by atoms with E-state index in [2.05, 4.69) is 25.6 Å². The largest absolute Gasteiger partial charge is 0.379 e. The predicted molar refractivity (Wildman–Crippen MR) is 67.9 cm³/mol. The molecule has 0 unspecified atom stereocenters. The molecule has 2 aromatic heterocycles. The van der Waals surface area contributed by atoms with Gasteiger partial charge < -0.3 is 10.6 Å². The summed E-state index contributed by atoms with van der Waals surface area (Å²) in [4.78, 5) is 12.6. The fourth-order valence-electron chi connectivity index (χ4n) is 1.38. The van der Waals surface area contributed by atoms with Crippen molar-refractivity contribution in [1.82, 2.24) is 15.0 Å². The first kappa shape index (κ1) is 11.3. The van der Waals surface area contributed by atoms with Crippen LogP contribution in [0.1, 0.15) is 11.4 Å². The molecule has 0 amide bonds. The molecule has 2 rings (SSSR count). The second kappa shape index (κ2) is 5.25. The van der Waals surface area contributed by atoms with Gasteiger partial charge in [0.05, 0.1) is 24.1 Å². The number of anilines is 2. The maximum atomic E-state index is 4.28. The third-order valence-electron chi connectivity index (χ3n) is 2.32. The van der Waals surface area contributed by atoms with E-state index in [9.17, 15) is 0 Å². The molecular weight excluding hydrogens is 214 g/mol. The SMILES string of the molecule is CNc1cc(NCc2cnc(C)cn2)ccn1. The maximum Gasteiger partial charge on any atom is 0.127 e. The Labute approximate surface area is 100 Å². The second-order valence-corrected chi connectivity index (χ2v) is 3.68. The molecule has 0 bridgehead atoms. The summed E-state index contributed by atoms with van der Waals surface area (Å²) < 4.78 is 0. The van der Waals surface area contributed by atoms with Crippen LogP contribution in [0.4, 0.5) is 11.5 Å². The topological polar surface area (TPSA) is 62.7 Å². The maximum absolute atomic E-state index is 4.28. The first-order valence-electron chi connectivity index (χ1n) is 5.43. The van der Waals surface area contributed by atoms with E-state index in [-0.39, 0.29) is 0 Å². The number of aromatic nitrogens is 3. The third kappa shape index (κ3) is 3.14. The molecule has 0 aliphatic carbocycles. The van der Waals surface area contributed by atoms with Crippen LogP contribution in [0, 0.1) is 6.92 Å². The highest BCUT2D eigenvalue weighted by Gasteiger charge is 1.97. The number of nitrogens with one attached hydrogen (secondary N) is 2. The molecule has 0 saturated carbocycles. The van der Waals surface area contributed by atoms with E-state index < -0.39 is 0 Å². The zero-order chi connectivity index (χ0) is 12.1. The van der Waals surface area contributed by atoms with Crippen molar-refractivity contribution in [3.05, 3.63) is 42.1 Å². The number of hydrogen-bond donors (Lipinski definition) is 2. The number of nitrogens with zero attached hydrogens (tertiary/aromatic N) is 3. The molecule has 2 N–H and O–H groups in total. The summed E-state index contributed by atoms with van der Waals surface area (Å²) in [6.45, 7) is 2.58. The van der Waals surface area contributed by atoms with Crippen LogP contribution in [0.5, 0.6) is 0 Å². The molecular formula is C12H15N5. The minimum Gasteiger partial charge on any atom is -0.379 e. The first-order chi connectivity index (χ1) is 8.28. The lowest BCUT2D eigenvalue weighted by Gasteiger charge is -2.07. The highest BCUT2D eigenvalue weighted by molar-refractivity contribution is 5.51. The average molecular weight is 229 g/mol. The number of rotatable bonds is 4. The lowest BCUT2D eigenvalue weighted by atomic mass is 10.3. The Bertz CT molecular complexity index is 481. The predicted octanol–water partition coefficient (Wildman–Crippen LogP) is 1.83. The number of hydrogen-bond acceptors (Lipinski definition) is 5. The molecule has 0 spiro atoms. The molecule has 0 fully saturated rings. The van der Waals surface area contributed by atoms with Gasteiger partial charge in [0.2, 0.25) is 0 Å². The molecule has 5 heteroatoms. The van der Waals surface area contributed by atoms with Gasteiger partial charge in [-0.2, -0.15) is 0 Å². The van der Waals surface area contributed by atoms with Gasteiger partial charge in [-0.25, -0.2) is 4.98 Å². The van der Waals surface area contributed by atoms with E-state index in [0.29, 0.717) is 6.54 Å². The molecule has 0 atom stereocenters. The van der Waals surface area contributed by atoms with Crippen LogP contribution >= 0.6 is 0 Å². The number of pyridine rings is 1. The van der Waals surface area contributed by atoms with Crippen molar-refractivity contribution in [3.8, 4) is 0 Å². The third-order valence-corrected chi connectivity index (χ3v) is 2.32. The Hall–Kier alpha value is -2.17. The van der Waals surface area contributed by atoms with Crippen molar-refractivity contribution < 1.29 is 0 Å². The lowest BCUT2D eigenvalue weighted by molar-refractivity contribution is 0.984. The van der Waals surface area contributed by atoms with Crippen LogP contribution in [0.25, 0.3) is 0 Å². The summed E-state index contributed by atoms with van der Waals surface area (Å²) in [5, 5.41) is 6.27. The van der Waals surface area contributed by atoms with Crippen LogP contribution in [0.2, 0.25) is 0 Å². The van der Waals surface area contributed by atoms with Crippen molar-refractivity contribution in [2.24, 2.45) is 0 Å². The van der Waals surface area contributed by atoms with E-state index in [1.54, 1.807) is 18.6 Å². The van der Waals surface area contributed by atoms with Crippen LogP contribution in [0.15, 0.2) is 30.7 Å². The molecule has 0 aliphatic heterocycles. The van der Waals surface area contributed by atoms with Crippen molar-refractivity contribution in [3.63, 3.8) is 0 Å². The van der Waals surface area contributed by atoms with Crippen LogP contribution in [-0.2, 0) is 6.54 Å². The minimum atomic E-state index is 0.653. The first-order valence-corrected chi connectivity index (χ1v) is 5.43. The second-order valence-electron chi connectivity index (χ2n) is 3.68. The van der Waals surface area contributed by atoms with Gasteiger partial charge in [0, 0.05) is 31.2 Å². The van der Waals surface area contributed by atoms with Gasteiger partial charge in [0.15, 0.2) is 0 Å². The van der Waals surface area contributed by atoms with Gasteiger partial charge >= 0.3 is 0 Å². The molecule has 88 valence electrons. The molecule has 0 saturated heterocycles. The molecule has 0 aromatic carbocycles. The van der Waals surface area contributed by atoms with Crippen LogP contribution in [0.3, 0.4) is 0 Å². The highest BCUT2D eigenvalue weighted by atomic mass is 15.0. The van der Waals surface area contributed by atoms with Crippen LogP contribution in [-0.4, -0.2) is 22.0 Å². The summed E-state index contributed by atoms with van der Waals surface area (Å²) in [6.07, 6.45) is 5.31. The molecule has 5 nitrogen and oxygen atoms in total. The van der Waals surface area contributed by atoms with Crippen molar-refractivity contribution in [1.29, 1.82) is 0 Å². The normalized spacial score (nSPS) is 10.0. The average Bonchev–Trinajstić information content (AvgIpc) is 2.38. The fourth-order valence-corrected chi connectivity index (χ4v) is 1.38. The summed E-state index contributed by atoms with van der Waals surface area (Å²) >= 11 is 0. The monoisotopic (exact) mass is 229 g/mol. The summed E-state index contributed by atoms with van der Waals surface area (Å²) in [5.41, 5.74) is 2.85. The summed E-state index contributed by atoms with van der Waals surface area (Å²) in [6, 6.07) is 3.87. The standard InChI is InChI=1S/C12H15N5/c1-9-6-16-11(7-15-9)8-17-10-3-4-14-12(5-10)13-2/h3-7H,8H2,1-2H3,(H2,13,14,17). The van der Waals surface area contributed by atoms with Gasteiger partial charge in [-0.3, -0.25) is 9.97 Å². The molecule has 0 aliphatic rings. The quantitative estimate of drug-likeness (QED) is 0.837. The molecule has 0 radical (unpaired) electrons. The van der Waals surface area contributed by atoms with E-state index in [1.165, 1.54) is 0 Å². The summed E-state index contributed by atoms with van der Waals surface area (Å²) in [5.74, 6) is 0.838. The fraction of sp³-hybridized carbons (Fsp3) is 0.250. The van der Waals surface area contributed by atoms with Gasteiger partial charge in [-0.15, -0.1) is 0 Å². The molecule has 2 aromatic rings. The van der Waals surface area contributed by atoms with E-state index in [4.69, 9.17) is 0 Å². The Morgan fingerprint density at radius 2 is 2.06 bits per heavy atom. The van der Waals surface area contributed by atoms with Gasteiger partial charge in [0.1, 0.15) is 5.82 Å². The van der Waals surface area contributed by atoms with Gasteiger partial charge in [-0.05, 0) is 13.0 Å². The minimum absolute atomic E-state index is 0.653. The molecule has 17 heavy (non-hydrogen) atoms. The summed E-state index contributed by atoms with van der Waals surface area (Å²) in [7, 11) is 1.84. The van der Waals surface area contributed by atoms with Gasteiger partial charge in [0.25, 0.3) is 0 Å². The smallest absolute Gasteiger partial charge is 0.127 e. The lowest BCUT2D eigenvalue weighted by Crippen LogP contribution is -2.03. The van der Waals surface area contributed by atoms with Crippen molar-refractivity contribution in [2.75, 3.05) is 17.7 Å². The van der Waals surface area contributed by atoms with Crippen molar-refractivity contribution >= 4 is 11.5 Å². The van der Waals surface area contributed by atoms with E-state index in [0.717, 1.165) is 22.9 Å². The van der Waals surface area contributed by atoms with E-state index in [1.807, 2.05) is 26.1 Å². The van der Waals surface area contributed by atoms with Gasteiger partial charge in [-0.1, -0.05) is 0 Å². The van der Waals surface area contributed by atoms with Crippen LogP contribution < -0.4 is 10.6 Å².